The van der Waals surface area contributed by atoms with Crippen molar-refractivity contribution in [1.29, 1.82) is 0 Å². The van der Waals surface area contributed by atoms with Gasteiger partial charge in [0.25, 0.3) is 0 Å². The molecule has 0 spiro atoms. The fraction of sp³-hybridized carbons (Fsp3) is 0.400. The van der Waals surface area contributed by atoms with E-state index in [2.05, 4.69) is 18.3 Å². The number of aryl methyl sites for hydroxylation is 1. The van der Waals surface area contributed by atoms with Gasteiger partial charge in [0.2, 0.25) is 0 Å². The van der Waals surface area contributed by atoms with Crippen LogP contribution in [0.2, 0.25) is 5.02 Å². The van der Waals surface area contributed by atoms with Crippen molar-refractivity contribution in [1.82, 2.24) is 5.32 Å². The summed E-state index contributed by atoms with van der Waals surface area (Å²) in [6.45, 7) is 5.23. The fourth-order valence-electron chi connectivity index (χ4n) is 2.54. The predicted molar refractivity (Wildman–Crippen MR) is 102 cm³/mol. The quantitative estimate of drug-likeness (QED) is 0.704. The second kappa shape index (κ2) is 9.66. The molecule has 2 rings (SSSR count). The Morgan fingerprint density at radius 3 is 2.64 bits per heavy atom. The average Bonchev–Trinajstić information content (AvgIpc) is 2.62. The van der Waals surface area contributed by atoms with Crippen molar-refractivity contribution < 1.29 is 14.6 Å². The lowest BCUT2D eigenvalue weighted by Crippen LogP contribution is -2.31. The van der Waals surface area contributed by atoms with Gasteiger partial charge in [-0.25, -0.2) is 0 Å². The molecule has 0 radical (unpaired) electrons. The molecule has 2 aromatic carbocycles. The highest BCUT2D eigenvalue weighted by Gasteiger charge is 2.13. The summed E-state index contributed by atoms with van der Waals surface area (Å²) in [6.07, 6.45) is 0.860. The van der Waals surface area contributed by atoms with Crippen molar-refractivity contribution in [3.63, 3.8) is 0 Å². The van der Waals surface area contributed by atoms with Crippen LogP contribution in [-0.4, -0.2) is 24.9 Å². The lowest BCUT2D eigenvalue weighted by Gasteiger charge is -2.17. The van der Waals surface area contributed by atoms with Gasteiger partial charge < -0.3 is 19.9 Å². The summed E-state index contributed by atoms with van der Waals surface area (Å²) in [4.78, 5) is 0. The Labute approximate surface area is 154 Å². The molecule has 4 nitrogen and oxygen atoms in total. The van der Waals surface area contributed by atoms with E-state index < -0.39 is 0 Å². The van der Waals surface area contributed by atoms with Crippen LogP contribution in [0.15, 0.2) is 36.4 Å². The summed E-state index contributed by atoms with van der Waals surface area (Å²) in [5.41, 5.74) is 3.27. The summed E-state index contributed by atoms with van der Waals surface area (Å²) in [6, 6.07) is 11.9. The number of methoxy groups -OCH3 is 1. The predicted octanol–water partition coefficient (Wildman–Crippen LogP) is 4.10. The zero-order chi connectivity index (χ0) is 18.2. The number of hydrogen-bond donors (Lipinski definition) is 2. The van der Waals surface area contributed by atoms with Gasteiger partial charge in [0.05, 0.1) is 18.7 Å². The standard InChI is InChI=1S/C20H26ClNO3/c1-4-17(12-23)22-11-15-9-18(21)20(19(10-15)24-3)25-13-16-8-6-5-7-14(16)2/h5-10,17,22-23H,4,11-13H2,1-3H3/t17-/m1/s1. The zero-order valence-corrected chi connectivity index (χ0v) is 15.8. The molecule has 0 aliphatic rings. The molecule has 5 heteroatoms. The molecule has 0 unspecified atom stereocenters. The number of nitrogens with one attached hydrogen (secondary N) is 1. The Hall–Kier alpha value is -1.75. The third-order valence-electron chi connectivity index (χ3n) is 4.23. The van der Waals surface area contributed by atoms with E-state index in [0.29, 0.717) is 29.7 Å². The minimum Gasteiger partial charge on any atom is -0.493 e. The van der Waals surface area contributed by atoms with Gasteiger partial charge in [-0.05, 0) is 42.2 Å². The van der Waals surface area contributed by atoms with Crippen molar-refractivity contribution in [3.8, 4) is 11.5 Å². The Bertz CT molecular complexity index is 687. The van der Waals surface area contributed by atoms with Crippen molar-refractivity contribution in [3.05, 3.63) is 58.1 Å². The van der Waals surface area contributed by atoms with Crippen LogP contribution < -0.4 is 14.8 Å². The fourth-order valence-corrected chi connectivity index (χ4v) is 2.83. The Morgan fingerprint density at radius 2 is 2.00 bits per heavy atom. The molecular weight excluding hydrogens is 338 g/mol. The van der Waals surface area contributed by atoms with E-state index >= 15 is 0 Å². The summed E-state index contributed by atoms with van der Waals surface area (Å²) in [7, 11) is 1.60. The SMILES string of the molecule is CC[C@H](CO)NCc1cc(Cl)c(OCc2ccccc2C)c(OC)c1. The van der Waals surface area contributed by atoms with Crippen LogP contribution in [0.5, 0.6) is 11.5 Å². The van der Waals surface area contributed by atoms with Gasteiger partial charge in [0.15, 0.2) is 11.5 Å². The highest BCUT2D eigenvalue weighted by molar-refractivity contribution is 6.32. The second-order valence-electron chi connectivity index (χ2n) is 5.99. The van der Waals surface area contributed by atoms with Gasteiger partial charge >= 0.3 is 0 Å². The molecule has 0 aliphatic carbocycles. The molecule has 136 valence electrons. The minimum absolute atomic E-state index is 0.0711. The van der Waals surface area contributed by atoms with Crippen molar-refractivity contribution >= 4 is 11.6 Å². The van der Waals surface area contributed by atoms with E-state index in [-0.39, 0.29) is 12.6 Å². The highest BCUT2D eigenvalue weighted by Crippen LogP contribution is 2.37. The molecule has 1 atom stereocenters. The molecular formula is C20H26ClNO3. The normalized spacial score (nSPS) is 12.0. The van der Waals surface area contributed by atoms with Gasteiger partial charge in [-0.3, -0.25) is 0 Å². The maximum Gasteiger partial charge on any atom is 0.180 e. The van der Waals surface area contributed by atoms with E-state index in [1.807, 2.05) is 37.3 Å². The van der Waals surface area contributed by atoms with Crippen LogP contribution in [0.1, 0.15) is 30.0 Å². The molecule has 0 heterocycles. The molecule has 2 aromatic rings. The van der Waals surface area contributed by atoms with Gasteiger partial charge in [0, 0.05) is 12.6 Å². The lowest BCUT2D eigenvalue weighted by molar-refractivity contribution is 0.238. The molecule has 2 N–H and O–H groups in total. The van der Waals surface area contributed by atoms with E-state index in [9.17, 15) is 5.11 Å². The first-order valence-electron chi connectivity index (χ1n) is 8.47. The topological polar surface area (TPSA) is 50.7 Å². The molecule has 0 saturated heterocycles. The Morgan fingerprint density at radius 1 is 1.24 bits per heavy atom. The van der Waals surface area contributed by atoms with E-state index in [0.717, 1.165) is 17.5 Å². The summed E-state index contributed by atoms with van der Waals surface area (Å²) < 4.78 is 11.4. The minimum atomic E-state index is 0.0711. The molecule has 0 aliphatic heterocycles. The molecule has 0 bridgehead atoms. The number of benzene rings is 2. The lowest BCUT2D eigenvalue weighted by atomic mass is 10.1. The highest BCUT2D eigenvalue weighted by atomic mass is 35.5. The number of ether oxygens (including phenoxy) is 2. The van der Waals surface area contributed by atoms with Crippen molar-refractivity contribution in [2.24, 2.45) is 0 Å². The van der Waals surface area contributed by atoms with Gasteiger partial charge in [0.1, 0.15) is 6.61 Å². The number of halogens is 1. The number of aliphatic hydroxyl groups excluding tert-OH is 1. The summed E-state index contributed by atoms with van der Waals surface area (Å²) >= 11 is 6.42. The van der Waals surface area contributed by atoms with Crippen molar-refractivity contribution in [2.45, 2.75) is 39.5 Å². The van der Waals surface area contributed by atoms with Crippen LogP contribution in [0, 0.1) is 6.92 Å². The maximum atomic E-state index is 9.27. The Balaban J connectivity index is 2.12. The van der Waals surface area contributed by atoms with E-state index in [1.165, 1.54) is 5.56 Å². The van der Waals surface area contributed by atoms with Gasteiger partial charge in [-0.2, -0.15) is 0 Å². The maximum absolute atomic E-state index is 9.27. The molecule has 25 heavy (non-hydrogen) atoms. The Kier molecular flexibility index (Phi) is 7.56. The van der Waals surface area contributed by atoms with E-state index in [4.69, 9.17) is 21.1 Å². The van der Waals surface area contributed by atoms with E-state index in [1.54, 1.807) is 7.11 Å². The number of aliphatic hydroxyl groups is 1. The average molecular weight is 364 g/mol. The molecule has 0 fully saturated rings. The zero-order valence-electron chi connectivity index (χ0n) is 15.0. The smallest absolute Gasteiger partial charge is 0.180 e. The van der Waals surface area contributed by atoms with Crippen LogP contribution in [0.25, 0.3) is 0 Å². The summed E-state index contributed by atoms with van der Waals surface area (Å²) in [5, 5.41) is 13.1. The number of hydrogen-bond acceptors (Lipinski definition) is 4. The third kappa shape index (κ3) is 5.36. The largest absolute Gasteiger partial charge is 0.493 e. The first kappa shape index (κ1) is 19.6. The molecule has 0 aromatic heterocycles. The van der Waals surface area contributed by atoms with Crippen molar-refractivity contribution in [2.75, 3.05) is 13.7 Å². The third-order valence-corrected chi connectivity index (χ3v) is 4.51. The first-order chi connectivity index (χ1) is 12.1. The van der Waals surface area contributed by atoms with Gasteiger partial charge in [-0.15, -0.1) is 0 Å². The van der Waals surface area contributed by atoms with Crippen LogP contribution >= 0.6 is 11.6 Å². The van der Waals surface area contributed by atoms with Crippen LogP contribution in [-0.2, 0) is 13.2 Å². The summed E-state index contributed by atoms with van der Waals surface area (Å²) in [5.74, 6) is 1.15. The number of rotatable bonds is 9. The molecule has 0 amide bonds. The molecule has 0 saturated carbocycles. The van der Waals surface area contributed by atoms with Crippen LogP contribution in [0.4, 0.5) is 0 Å². The first-order valence-corrected chi connectivity index (χ1v) is 8.84. The van der Waals surface area contributed by atoms with Gasteiger partial charge in [-0.1, -0.05) is 42.8 Å². The second-order valence-corrected chi connectivity index (χ2v) is 6.40. The van der Waals surface area contributed by atoms with Crippen LogP contribution in [0.3, 0.4) is 0 Å². The monoisotopic (exact) mass is 363 g/mol.